The first-order valence-corrected chi connectivity index (χ1v) is 8.39. The molecule has 0 spiro atoms. The van der Waals surface area contributed by atoms with Crippen molar-refractivity contribution < 1.29 is 14.3 Å². The molecule has 0 aliphatic rings. The Morgan fingerprint density at radius 2 is 2.04 bits per heavy atom. The summed E-state index contributed by atoms with van der Waals surface area (Å²) in [5, 5.41) is 6.43. The Kier molecular flexibility index (Phi) is 4.80. The Balaban J connectivity index is 1.59. The van der Waals surface area contributed by atoms with Crippen LogP contribution < -0.4 is 11.0 Å². The molecule has 3 aromatic rings. The van der Waals surface area contributed by atoms with Crippen LogP contribution in [0, 0.1) is 0 Å². The zero-order chi connectivity index (χ0) is 17.8. The van der Waals surface area contributed by atoms with E-state index in [4.69, 9.17) is 4.74 Å². The number of imidazole rings is 1. The molecule has 1 atom stereocenters. The summed E-state index contributed by atoms with van der Waals surface area (Å²) in [5.74, 6) is -1.06. The standard InChI is InChI=1S/C17H15N3O4S/c1-10(24-15(21)5-2-11-6-7-25-9-11)16(22)18-12-3-4-13-14(8-12)20-17(23)19-13/h2-10H,1H3,(H,18,22)(H2,19,20,23)/b5-2+/t10-/m0/s1. The number of aromatic nitrogens is 2. The van der Waals surface area contributed by atoms with Crippen LogP contribution in [0.2, 0.25) is 0 Å². The number of aromatic amines is 2. The maximum Gasteiger partial charge on any atom is 0.331 e. The first-order valence-electron chi connectivity index (χ1n) is 7.45. The molecule has 3 N–H and O–H groups in total. The van der Waals surface area contributed by atoms with E-state index < -0.39 is 18.0 Å². The van der Waals surface area contributed by atoms with E-state index in [2.05, 4.69) is 15.3 Å². The van der Waals surface area contributed by atoms with Crippen molar-refractivity contribution in [3.05, 3.63) is 57.1 Å². The third-order valence-electron chi connectivity index (χ3n) is 3.40. The van der Waals surface area contributed by atoms with Gasteiger partial charge in [0, 0.05) is 11.8 Å². The van der Waals surface area contributed by atoms with Crippen molar-refractivity contribution >= 4 is 46.0 Å². The van der Waals surface area contributed by atoms with Gasteiger partial charge in [-0.05, 0) is 53.6 Å². The second-order valence-electron chi connectivity index (χ2n) is 5.30. The molecule has 0 saturated carbocycles. The highest BCUT2D eigenvalue weighted by atomic mass is 32.1. The SMILES string of the molecule is C[C@H](OC(=O)/C=C/c1ccsc1)C(=O)Nc1ccc2[nH]c(=O)[nH]c2c1. The predicted octanol–water partition coefficient (Wildman–Crippen LogP) is 2.50. The van der Waals surface area contributed by atoms with E-state index >= 15 is 0 Å². The van der Waals surface area contributed by atoms with Gasteiger partial charge in [-0.25, -0.2) is 9.59 Å². The molecule has 0 bridgehead atoms. The molecule has 8 heteroatoms. The number of hydrogen-bond acceptors (Lipinski definition) is 5. The van der Waals surface area contributed by atoms with Crippen LogP contribution in [-0.4, -0.2) is 27.9 Å². The fourth-order valence-corrected chi connectivity index (χ4v) is 2.78. The summed E-state index contributed by atoms with van der Waals surface area (Å²) in [6, 6.07) is 6.81. The topological polar surface area (TPSA) is 104 Å². The largest absolute Gasteiger partial charge is 0.449 e. The zero-order valence-electron chi connectivity index (χ0n) is 13.2. The van der Waals surface area contributed by atoms with Crippen LogP contribution in [0.5, 0.6) is 0 Å². The van der Waals surface area contributed by atoms with Crippen molar-refractivity contribution in [2.24, 2.45) is 0 Å². The summed E-state index contributed by atoms with van der Waals surface area (Å²) in [5.41, 5.74) is 2.28. The van der Waals surface area contributed by atoms with E-state index in [9.17, 15) is 14.4 Å². The van der Waals surface area contributed by atoms with E-state index in [0.717, 1.165) is 5.56 Å². The lowest BCUT2D eigenvalue weighted by atomic mass is 10.2. The fourth-order valence-electron chi connectivity index (χ4n) is 2.16. The summed E-state index contributed by atoms with van der Waals surface area (Å²) >= 11 is 1.52. The van der Waals surface area contributed by atoms with Crippen LogP contribution in [0.3, 0.4) is 0 Å². The summed E-state index contributed by atoms with van der Waals surface area (Å²) in [7, 11) is 0. The number of benzene rings is 1. The van der Waals surface area contributed by atoms with E-state index in [1.807, 2.05) is 16.8 Å². The van der Waals surface area contributed by atoms with Gasteiger partial charge >= 0.3 is 11.7 Å². The Hall–Kier alpha value is -3.13. The smallest absolute Gasteiger partial charge is 0.331 e. The summed E-state index contributed by atoms with van der Waals surface area (Å²) in [6.07, 6.45) is 1.95. The van der Waals surface area contributed by atoms with Crippen LogP contribution in [0.15, 0.2) is 45.9 Å². The van der Waals surface area contributed by atoms with E-state index in [1.54, 1.807) is 24.3 Å². The summed E-state index contributed by atoms with van der Waals surface area (Å²) in [6.45, 7) is 1.49. The Morgan fingerprint density at radius 3 is 2.80 bits per heavy atom. The molecule has 25 heavy (non-hydrogen) atoms. The van der Waals surface area contributed by atoms with Gasteiger partial charge in [0.25, 0.3) is 5.91 Å². The van der Waals surface area contributed by atoms with Gasteiger partial charge in [0.15, 0.2) is 6.10 Å². The van der Waals surface area contributed by atoms with Gasteiger partial charge < -0.3 is 20.0 Å². The molecule has 128 valence electrons. The van der Waals surface area contributed by atoms with Crippen molar-refractivity contribution in [2.45, 2.75) is 13.0 Å². The molecule has 0 fully saturated rings. The minimum atomic E-state index is -0.958. The van der Waals surface area contributed by atoms with Crippen LogP contribution >= 0.6 is 11.3 Å². The third kappa shape index (κ3) is 4.24. The van der Waals surface area contributed by atoms with Crippen molar-refractivity contribution in [3.63, 3.8) is 0 Å². The molecule has 0 aliphatic carbocycles. The molecule has 0 saturated heterocycles. The number of H-pyrrole nitrogens is 2. The van der Waals surface area contributed by atoms with Crippen molar-refractivity contribution in [2.75, 3.05) is 5.32 Å². The molecular weight excluding hydrogens is 342 g/mol. The van der Waals surface area contributed by atoms with Crippen LogP contribution in [0.4, 0.5) is 5.69 Å². The molecule has 0 radical (unpaired) electrons. The third-order valence-corrected chi connectivity index (χ3v) is 4.10. The molecule has 3 rings (SSSR count). The number of carbonyl (C=O) groups excluding carboxylic acids is 2. The van der Waals surface area contributed by atoms with Crippen LogP contribution in [-0.2, 0) is 14.3 Å². The quantitative estimate of drug-likeness (QED) is 0.482. The summed E-state index contributed by atoms with van der Waals surface area (Å²) in [4.78, 5) is 40.3. The highest BCUT2D eigenvalue weighted by molar-refractivity contribution is 7.08. The first-order chi connectivity index (χ1) is 12.0. The number of carbonyl (C=O) groups is 2. The minimum Gasteiger partial charge on any atom is -0.449 e. The van der Waals surface area contributed by atoms with Crippen LogP contribution in [0.1, 0.15) is 12.5 Å². The first kappa shape index (κ1) is 16.7. The number of anilines is 1. The average Bonchev–Trinajstić information content (AvgIpc) is 3.20. The van der Waals surface area contributed by atoms with Crippen molar-refractivity contribution in [1.29, 1.82) is 0 Å². The molecule has 0 aliphatic heterocycles. The molecule has 0 unspecified atom stereocenters. The predicted molar refractivity (Wildman–Crippen MR) is 96.5 cm³/mol. The molecular formula is C17H15N3O4S. The number of nitrogens with one attached hydrogen (secondary N) is 3. The van der Waals surface area contributed by atoms with Crippen molar-refractivity contribution in [1.82, 2.24) is 9.97 Å². The lowest BCUT2D eigenvalue weighted by molar-refractivity contribution is -0.148. The van der Waals surface area contributed by atoms with Gasteiger partial charge in [0.05, 0.1) is 11.0 Å². The number of fused-ring (bicyclic) bond motifs is 1. The summed E-state index contributed by atoms with van der Waals surface area (Å²) < 4.78 is 5.08. The lowest BCUT2D eigenvalue weighted by Crippen LogP contribution is -2.29. The highest BCUT2D eigenvalue weighted by Crippen LogP contribution is 2.15. The van der Waals surface area contributed by atoms with Gasteiger partial charge in [0.1, 0.15) is 0 Å². The molecule has 2 aromatic heterocycles. The maximum absolute atomic E-state index is 12.1. The second kappa shape index (κ2) is 7.18. The fraction of sp³-hybridized carbons (Fsp3) is 0.118. The van der Waals surface area contributed by atoms with E-state index in [1.165, 1.54) is 24.3 Å². The monoisotopic (exact) mass is 357 g/mol. The average molecular weight is 357 g/mol. The maximum atomic E-state index is 12.1. The number of ether oxygens (including phenoxy) is 1. The van der Waals surface area contributed by atoms with Crippen LogP contribution in [0.25, 0.3) is 17.1 Å². The Labute approximate surface area is 146 Å². The number of rotatable bonds is 5. The number of hydrogen-bond donors (Lipinski definition) is 3. The van der Waals surface area contributed by atoms with Gasteiger partial charge in [-0.3, -0.25) is 4.79 Å². The number of amides is 1. The highest BCUT2D eigenvalue weighted by Gasteiger charge is 2.17. The Morgan fingerprint density at radius 1 is 1.24 bits per heavy atom. The van der Waals surface area contributed by atoms with Gasteiger partial charge in [-0.1, -0.05) is 0 Å². The van der Waals surface area contributed by atoms with E-state index in [-0.39, 0.29) is 5.69 Å². The number of esters is 1. The lowest BCUT2D eigenvalue weighted by Gasteiger charge is -2.12. The normalized spacial score (nSPS) is 12.4. The van der Waals surface area contributed by atoms with Crippen molar-refractivity contribution in [3.8, 4) is 0 Å². The molecule has 1 amide bonds. The minimum absolute atomic E-state index is 0.321. The number of thiophene rings is 1. The Bertz CT molecular complexity index is 985. The van der Waals surface area contributed by atoms with E-state index in [0.29, 0.717) is 16.7 Å². The second-order valence-corrected chi connectivity index (χ2v) is 6.08. The zero-order valence-corrected chi connectivity index (χ0v) is 14.1. The van der Waals surface area contributed by atoms with Gasteiger partial charge in [-0.15, -0.1) is 0 Å². The van der Waals surface area contributed by atoms with Gasteiger partial charge in [0.2, 0.25) is 0 Å². The molecule has 7 nitrogen and oxygen atoms in total. The molecule has 1 aromatic carbocycles. The van der Waals surface area contributed by atoms with Gasteiger partial charge in [-0.2, -0.15) is 11.3 Å². The molecule has 2 heterocycles.